The van der Waals surface area contributed by atoms with Crippen LogP contribution in [0.4, 0.5) is 5.69 Å². The lowest BCUT2D eigenvalue weighted by Crippen LogP contribution is -2.21. The molecule has 0 spiro atoms. The fourth-order valence-electron chi connectivity index (χ4n) is 2.28. The number of nitrogens with zero attached hydrogens (tertiary/aromatic N) is 1. The van der Waals surface area contributed by atoms with Crippen LogP contribution in [0, 0.1) is 5.92 Å². The van der Waals surface area contributed by atoms with Crippen LogP contribution in [0.1, 0.15) is 32.4 Å². The number of aromatic nitrogens is 1. The van der Waals surface area contributed by atoms with Crippen LogP contribution < -0.4 is 5.32 Å². The summed E-state index contributed by atoms with van der Waals surface area (Å²) >= 11 is 1.41. The Labute approximate surface area is 139 Å². The number of hydrogen-bond donors (Lipinski definition) is 2. The Bertz CT molecular complexity index is 675. The van der Waals surface area contributed by atoms with E-state index in [1.807, 2.05) is 38.1 Å². The number of nitrogens with one attached hydrogen (secondary N) is 1. The number of benzene rings is 1. The summed E-state index contributed by atoms with van der Waals surface area (Å²) in [7, 11) is 0. The molecule has 6 heteroatoms. The summed E-state index contributed by atoms with van der Waals surface area (Å²) in [5, 5.41) is 14.2. The van der Waals surface area contributed by atoms with Crippen LogP contribution >= 0.6 is 11.3 Å². The van der Waals surface area contributed by atoms with Gasteiger partial charge in [-0.15, -0.1) is 11.3 Å². The summed E-state index contributed by atoms with van der Waals surface area (Å²) in [5.41, 5.74) is 2.23. The predicted molar refractivity (Wildman–Crippen MR) is 91.6 cm³/mol. The number of hydrogen-bond acceptors (Lipinski definition) is 4. The zero-order chi connectivity index (χ0) is 16.8. The molecule has 0 fully saturated rings. The molecular weight excluding hydrogens is 312 g/mol. The maximum atomic E-state index is 12.1. The highest BCUT2D eigenvalue weighted by atomic mass is 32.1. The van der Waals surface area contributed by atoms with Gasteiger partial charge in [-0.3, -0.25) is 9.59 Å². The largest absolute Gasteiger partial charge is 0.481 e. The molecule has 0 atom stereocenters. The SMILES string of the molecule is CCC(CC)C(=O)Nc1ccc(-c2nc(CC(=O)O)cs2)cc1. The molecule has 2 aromatic rings. The Morgan fingerprint density at radius 3 is 2.43 bits per heavy atom. The molecule has 0 radical (unpaired) electrons. The minimum atomic E-state index is -0.888. The van der Waals surface area contributed by atoms with Crippen molar-refractivity contribution in [3.05, 3.63) is 35.3 Å². The van der Waals surface area contributed by atoms with Crippen molar-refractivity contribution in [1.29, 1.82) is 0 Å². The average molecular weight is 332 g/mol. The third kappa shape index (κ3) is 4.63. The molecule has 1 aromatic carbocycles. The summed E-state index contributed by atoms with van der Waals surface area (Å²) in [6, 6.07) is 7.44. The number of carboxylic acid groups (broad SMARTS) is 1. The molecule has 2 rings (SSSR count). The Kier molecular flexibility index (Phi) is 5.87. The van der Waals surface area contributed by atoms with E-state index < -0.39 is 5.97 Å². The van der Waals surface area contributed by atoms with Gasteiger partial charge in [0, 0.05) is 22.5 Å². The third-order valence-corrected chi connectivity index (χ3v) is 4.58. The number of rotatable bonds is 7. The minimum absolute atomic E-state index is 0.0345. The van der Waals surface area contributed by atoms with Crippen LogP contribution in [0.25, 0.3) is 10.6 Å². The van der Waals surface area contributed by atoms with Gasteiger partial charge >= 0.3 is 5.97 Å². The minimum Gasteiger partial charge on any atom is -0.481 e. The number of carbonyl (C=O) groups excluding carboxylic acids is 1. The van der Waals surface area contributed by atoms with E-state index in [-0.39, 0.29) is 18.2 Å². The zero-order valence-electron chi connectivity index (χ0n) is 13.2. The average Bonchev–Trinajstić information content (AvgIpc) is 2.97. The van der Waals surface area contributed by atoms with Gasteiger partial charge in [-0.25, -0.2) is 4.98 Å². The second kappa shape index (κ2) is 7.87. The lowest BCUT2D eigenvalue weighted by Gasteiger charge is -2.12. The Morgan fingerprint density at radius 2 is 1.87 bits per heavy atom. The molecule has 0 aliphatic rings. The normalized spacial score (nSPS) is 10.7. The molecule has 122 valence electrons. The maximum Gasteiger partial charge on any atom is 0.309 e. The number of amides is 1. The van der Waals surface area contributed by atoms with E-state index in [4.69, 9.17) is 5.11 Å². The molecule has 5 nitrogen and oxygen atoms in total. The van der Waals surface area contributed by atoms with Crippen molar-refractivity contribution in [2.75, 3.05) is 5.32 Å². The molecule has 23 heavy (non-hydrogen) atoms. The molecule has 1 heterocycles. The molecule has 0 saturated carbocycles. The van der Waals surface area contributed by atoms with E-state index in [1.54, 1.807) is 5.38 Å². The molecule has 2 N–H and O–H groups in total. The number of aliphatic carboxylic acids is 1. The number of carbonyl (C=O) groups is 2. The van der Waals surface area contributed by atoms with Crippen molar-refractivity contribution in [1.82, 2.24) is 4.98 Å². The van der Waals surface area contributed by atoms with Crippen LogP contribution in [-0.4, -0.2) is 22.0 Å². The van der Waals surface area contributed by atoms with Gasteiger partial charge in [0.15, 0.2) is 0 Å². The quantitative estimate of drug-likeness (QED) is 0.808. The summed E-state index contributed by atoms with van der Waals surface area (Å²) in [4.78, 5) is 27.1. The van der Waals surface area contributed by atoms with Crippen molar-refractivity contribution in [2.24, 2.45) is 5.92 Å². The van der Waals surface area contributed by atoms with Gasteiger partial charge in [-0.2, -0.15) is 0 Å². The lowest BCUT2D eigenvalue weighted by atomic mass is 10.0. The Balaban J connectivity index is 2.06. The van der Waals surface area contributed by atoms with E-state index in [1.165, 1.54) is 11.3 Å². The molecule has 1 aromatic heterocycles. The number of thiazole rings is 1. The van der Waals surface area contributed by atoms with Gasteiger partial charge in [0.05, 0.1) is 12.1 Å². The summed E-state index contributed by atoms with van der Waals surface area (Å²) in [6.07, 6.45) is 1.58. The van der Waals surface area contributed by atoms with Gasteiger partial charge in [0.1, 0.15) is 5.01 Å². The van der Waals surface area contributed by atoms with Gasteiger partial charge in [0.25, 0.3) is 0 Å². The molecule has 0 aliphatic heterocycles. The molecular formula is C17H20N2O3S. The molecule has 0 aliphatic carbocycles. The monoisotopic (exact) mass is 332 g/mol. The molecule has 1 amide bonds. The second-order valence-electron chi connectivity index (χ2n) is 5.29. The smallest absolute Gasteiger partial charge is 0.309 e. The van der Waals surface area contributed by atoms with Crippen molar-refractivity contribution >= 4 is 28.9 Å². The molecule has 0 bridgehead atoms. The first-order valence-electron chi connectivity index (χ1n) is 7.61. The van der Waals surface area contributed by atoms with Crippen molar-refractivity contribution in [3.63, 3.8) is 0 Å². The standard InChI is InChI=1S/C17H20N2O3S/c1-3-11(4-2)16(22)18-13-7-5-12(6-8-13)17-19-14(10-23-17)9-15(20)21/h5-8,10-11H,3-4,9H2,1-2H3,(H,18,22)(H,20,21). The van der Waals surface area contributed by atoms with E-state index in [0.29, 0.717) is 5.69 Å². The fourth-order valence-corrected chi connectivity index (χ4v) is 3.10. The summed E-state index contributed by atoms with van der Waals surface area (Å²) < 4.78 is 0. The van der Waals surface area contributed by atoms with Crippen molar-refractivity contribution in [2.45, 2.75) is 33.1 Å². The van der Waals surface area contributed by atoms with Crippen molar-refractivity contribution in [3.8, 4) is 10.6 Å². The first kappa shape index (κ1) is 17.1. The highest BCUT2D eigenvalue weighted by molar-refractivity contribution is 7.13. The Morgan fingerprint density at radius 1 is 1.22 bits per heavy atom. The lowest BCUT2D eigenvalue weighted by molar-refractivity contribution is -0.136. The number of carboxylic acids is 1. The highest BCUT2D eigenvalue weighted by Gasteiger charge is 2.14. The van der Waals surface area contributed by atoms with E-state index in [2.05, 4.69) is 10.3 Å². The van der Waals surface area contributed by atoms with E-state index in [0.717, 1.165) is 29.1 Å². The highest BCUT2D eigenvalue weighted by Crippen LogP contribution is 2.25. The zero-order valence-corrected chi connectivity index (χ0v) is 14.0. The summed E-state index contributed by atoms with van der Waals surface area (Å²) in [5.74, 6) is -0.811. The third-order valence-electron chi connectivity index (χ3n) is 3.64. The first-order chi connectivity index (χ1) is 11.0. The first-order valence-corrected chi connectivity index (χ1v) is 8.49. The van der Waals surface area contributed by atoms with Crippen LogP contribution in [0.3, 0.4) is 0 Å². The molecule has 0 unspecified atom stereocenters. The van der Waals surface area contributed by atoms with Crippen LogP contribution in [0.2, 0.25) is 0 Å². The second-order valence-corrected chi connectivity index (χ2v) is 6.15. The maximum absolute atomic E-state index is 12.1. The van der Waals surface area contributed by atoms with Crippen LogP contribution in [-0.2, 0) is 16.0 Å². The Hall–Kier alpha value is -2.21. The van der Waals surface area contributed by atoms with E-state index in [9.17, 15) is 9.59 Å². The number of anilines is 1. The predicted octanol–water partition coefficient (Wildman–Crippen LogP) is 3.81. The molecule has 0 saturated heterocycles. The van der Waals surface area contributed by atoms with Gasteiger partial charge in [-0.05, 0) is 37.1 Å². The van der Waals surface area contributed by atoms with Gasteiger partial charge in [0.2, 0.25) is 5.91 Å². The van der Waals surface area contributed by atoms with Crippen molar-refractivity contribution < 1.29 is 14.7 Å². The van der Waals surface area contributed by atoms with Gasteiger partial charge in [-0.1, -0.05) is 13.8 Å². The van der Waals surface area contributed by atoms with Crippen LogP contribution in [0.5, 0.6) is 0 Å². The topological polar surface area (TPSA) is 79.3 Å². The fraction of sp³-hybridized carbons (Fsp3) is 0.353. The summed E-state index contributed by atoms with van der Waals surface area (Å²) in [6.45, 7) is 4.02. The van der Waals surface area contributed by atoms with Crippen LogP contribution in [0.15, 0.2) is 29.6 Å². The van der Waals surface area contributed by atoms with Gasteiger partial charge < -0.3 is 10.4 Å². The van der Waals surface area contributed by atoms with E-state index >= 15 is 0 Å².